The molecule has 11 heteroatoms. The second-order valence-electron chi connectivity index (χ2n) is 15.6. The largest absolute Gasteiger partial charge is 0.370 e. The van der Waals surface area contributed by atoms with Crippen molar-refractivity contribution in [3.05, 3.63) is 92.4 Å². The third-order valence-corrected chi connectivity index (χ3v) is 8.80. The number of nitrogens with one attached hydrogen (secondary N) is 2. The van der Waals surface area contributed by atoms with Crippen LogP contribution in [-0.4, -0.2) is 39.6 Å². The lowest BCUT2D eigenvalue weighted by molar-refractivity contribution is 0.410. The Balaban J connectivity index is 0.000000319. The van der Waals surface area contributed by atoms with Crippen LogP contribution >= 0.6 is 11.6 Å². The van der Waals surface area contributed by atoms with Crippen molar-refractivity contribution < 1.29 is 4.39 Å². The van der Waals surface area contributed by atoms with Crippen molar-refractivity contribution in [1.82, 2.24) is 19.9 Å². The van der Waals surface area contributed by atoms with Crippen molar-refractivity contribution in [2.75, 3.05) is 13.1 Å². The first-order valence-electron chi connectivity index (χ1n) is 17.5. The highest BCUT2D eigenvalue weighted by Crippen LogP contribution is 2.31. The quantitative estimate of drug-likeness (QED) is 0.0587. The highest BCUT2D eigenvalue weighted by Gasteiger charge is 2.22. The SMILES string of the molecule is CC(C)[C@H](NCCCN=C(N)N)c1ccc(-n2cc3cc(C(C)(C)C)[nH]c3nc2=O)cc1.C[C@H](N)CCCc1cc(Cl)c(F)c(C(C)(C)C)c1. The first kappa shape index (κ1) is 40.7. The van der Waals surface area contributed by atoms with Gasteiger partial charge in [-0.1, -0.05) is 85.2 Å². The Hall–Kier alpha value is -3.73. The van der Waals surface area contributed by atoms with E-state index in [4.69, 9.17) is 28.8 Å². The zero-order valence-corrected chi connectivity index (χ0v) is 32.1. The summed E-state index contributed by atoms with van der Waals surface area (Å²) in [6.45, 7) is 20.1. The summed E-state index contributed by atoms with van der Waals surface area (Å²) in [5, 5.41) is 4.72. The molecule has 0 saturated heterocycles. The predicted octanol–water partition coefficient (Wildman–Crippen LogP) is 7.41. The van der Waals surface area contributed by atoms with Crippen LogP contribution in [0.3, 0.4) is 0 Å². The first-order chi connectivity index (χ1) is 23.3. The maximum Gasteiger partial charge on any atom is 0.354 e. The van der Waals surface area contributed by atoms with Crippen molar-refractivity contribution in [3.63, 3.8) is 0 Å². The average Bonchev–Trinajstić information content (AvgIpc) is 3.43. The fourth-order valence-electron chi connectivity index (χ4n) is 5.67. The van der Waals surface area contributed by atoms with Crippen molar-refractivity contribution in [2.24, 2.45) is 28.1 Å². The first-order valence-corrected chi connectivity index (χ1v) is 17.9. The van der Waals surface area contributed by atoms with Gasteiger partial charge in [-0.15, -0.1) is 0 Å². The van der Waals surface area contributed by atoms with Gasteiger partial charge in [0, 0.05) is 41.3 Å². The topological polar surface area (TPSA) is 153 Å². The van der Waals surface area contributed by atoms with Gasteiger partial charge in [0.05, 0.1) is 10.7 Å². The number of benzene rings is 2. The molecule has 274 valence electrons. The molecule has 0 radical (unpaired) electrons. The number of nitrogens with two attached hydrogens (primary N) is 3. The lowest BCUT2D eigenvalue weighted by atomic mass is 9.85. The zero-order valence-electron chi connectivity index (χ0n) is 31.3. The van der Waals surface area contributed by atoms with Gasteiger partial charge < -0.3 is 27.5 Å². The van der Waals surface area contributed by atoms with Gasteiger partial charge in [-0.3, -0.25) is 9.56 Å². The molecule has 2 aromatic heterocycles. The highest BCUT2D eigenvalue weighted by atomic mass is 35.5. The molecule has 0 spiro atoms. The second kappa shape index (κ2) is 17.5. The van der Waals surface area contributed by atoms with Gasteiger partial charge in [0.2, 0.25) is 0 Å². The van der Waals surface area contributed by atoms with Crippen LogP contribution < -0.4 is 28.2 Å². The Morgan fingerprint density at radius 2 is 1.68 bits per heavy atom. The van der Waals surface area contributed by atoms with E-state index in [2.05, 4.69) is 73.1 Å². The summed E-state index contributed by atoms with van der Waals surface area (Å²) in [6, 6.07) is 14.2. The van der Waals surface area contributed by atoms with Crippen LogP contribution in [0.5, 0.6) is 0 Å². The second-order valence-corrected chi connectivity index (χ2v) is 16.0. The molecule has 2 atom stereocenters. The molecular formula is C39H58ClFN8O. The lowest BCUT2D eigenvalue weighted by Gasteiger charge is -2.23. The predicted molar refractivity (Wildman–Crippen MR) is 208 cm³/mol. The lowest BCUT2D eigenvalue weighted by Crippen LogP contribution is -2.28. The summed E-state index contributed by atoms with van der Waals surface area (Å²) in [6.07, 6.45) is 5.58. The van der Waals surface area contributed by atoms with Crippen LogP contribution in [0.1, 0.15) is 110 Å². The van der Waals surface area contributed by atoms with Gasteiger partial charge >= 0.3 is 5.69 Å². The summed E-state index contributed by atoms with van der Waals surface area (Å²) in [5.74, 6) is 0.235. The standard InChI is InChI=1S/C24H35N7O.C15H23ClFN/c1-15(2)20(27-11-6-12-28-22(25)26)16-7-9-18(10-8-16)31-14-17-13-19(24(3,4)5)29-21(17)30-23(31)32;1-10(18)6-5-7-11-8-12(15(2,3)4)14(17)13(16)9-11/h7-10,13-15,20,27H,6,11-12H2,1-5H3,(H4,25,26,28)(H,29,30,32);8-10H,5-7,18H2,1-4H3/t20-;10-/m00/s1. The average molecular weight is 709 g/mol. The Morgan fingerprint density at radius 3 is 2.24 bits per heavy atom. The van der Waals surface area contributed by atoms with Gasteiger partial charge in [-0.25, -0.2) is 9.18 Å². The monoisotopic (exact) mass is 708 g/mol. The van der Waals surface area contributed by atoms with Crippen LogP contribution in [0.25, 0.3) is 16.7 Å². The van der Waals surface area contributed by atoms with Gasteiger partial charge in [-0.2, -0.15) is 4.98 Å². The summed E-state index contributed by atoms with van der Waals surface area (Å²) in [5.41, 5.74) is 21.3. The maximum absolute atomic E-state index is 14.0. The van der Waals surface area contributed by atoms with Gasteiger partial charge in [0.25, 0.3) is 0 Å². The van der Waals surface area contributed by atoms with Crippen molar-refractivity contribution in [3.8, 4) is 5.69 Å². The van der Waals surface area contributed by atoms with Crippen LogP contribution in [0.2, 0.25) is 5.02 Å². The fourth-order valence-corrected chi connectivity index (χ4v) is 5.91. The van der Waals surface area contributed by atoms with Crippen molar-refractivity contribution in [2.45, 2.75) is 111 Å². The van der Waals surface area contributed by atoms with Crippen molar-refractivity contribution >= 4 is 28.6 Å². The third kappa shape index (κ3) is 11.7. The van der Waals surface area contributed by atoms with E-state index in [9.17, 15) is 9.18 Å². The number of hydrogen-bond donors (Lipinski definition) is 5. The number of H-pyrrole nitrogens is 1. The molecule has 4 aromatic rings. The number of aliphatic imine (C=N–C) groups is 1. The summed E-state index contributed by atoms with van der Waals surface area (Å²) < 4.78 is 15.6. The summed E-state index contributed by atoms with van der Waals surface area (Å²) in [7, 11) is 0. The molecule has 0 bridgehead atoms. The molecule has 0 unspecified atom stereocenters. The molecule has 0 aliphatic rings. The molecule has 2 aromatic carbocycles. The molecule has 0 fully saturated rings. The van der Waals surface area contributed by atoms with Crippen LogP contribution in [0.15, 0.2) is 58.4 Å². The number of aryl methyl sites for hydroxylation is 1. The van der Waals surface area contributed by atoms with E-state index in [-0.39, 0.29) is 45.4 Å². The van der Waals surface area contributed by atoms with E-state index < -0.39 is 0 Å². The third-order valence-electron chi connectivity index (χ3n) is 8.53. The van der Waals surface area contributed by atoms with Crippen LogP contribution in [-0.2, 0) is 17.3 Å². The Kier molecular flexibility index (Phi) is 14.2. The fraction of sp³-hybridized carbons (Fsp3) is 0.513. The smallest absolute Gasteiger partial charge is 0.354 e. The number of hydrogen-bond acceptors (Lipinski definition) is 5. The van der Waals surface area contributed by atoms with Crippen molar-refractivity contribution in [1.29, 1.82) is 0 Å². The normalized spacial score (nSPS) is 13.2. The number of fused-ring (bicyclic) bond motifs is 1. The molecule has 4 rings (SSSR count). The molecule has 0 saturated carbocycles. The van der Waals surface area contributed by atoms with E-state index in [1.807, 2.05) is 52.1 Å². The van der Waals surface area contributed by atoms with Crippen LogP contribution in [0, 0.1) is 11.7 Å². The van der Waals surface area contributed by atoms with Gasteiger partial charge in [0.1, 0.15) is 11.5 Å². The number of halogens is 2. The minimum Gasteiger partial charge on any atom is -0.370 e. The number of aromatic nitrogens is 3. The molecule has 0 amide bonds. The molecule has 2 heterocycles. The minimum absolute atomic E-state index is 0.0433. The Morgan fingerprint density at radius 1 is 1.02 bits per heavy atom. The zero-order chi connectivity index (χ0) is 37.4. The highest BCUT2D eigenvalue weighted by molar-refractivity contribution is 6.30. The summed E-state index contributed by atoms with van der Waals surface area (Å²) >= 11 is 5.97. The van der Waals surface area contributed by atoms with Crippen LogP contribution in [0.4, 0.5) is 4.39 Å². The molecule has 0 aliphatic carbocycles. The number of guanidine groups is 1. The van der Waals surface area contributed by atoms with E-state index in [1.54, 1.807) is 10.6 Å². The van der Waals surface area contributed by atoms with Gasteiger partial charge in [0.15, 0.2) is 5.96 Å². The summed E-state index contributed by atoms with van der Waals surface area (Å²) in [4.78, 5) is 24.2. The molecule has 50 heavy (non-hydrogen) atoms. The molecule has 8 N–H and O–H groups in total. The number of rotatable bonds is 12. The van der Waals surface area contributed by atoms with E-state index >= 15 is 0 Å². The minimum atomic E-state index is -0.300. The van der Waals surface area contributed by atoms with E-state index in [0.717, 1.165) is 54.6 Å². The number of aromatic amines is 1. The molecular weight excluding hydrogens is 651 g/mol. The number of nitrogens with zero attached hydrogens (tertiary/aromatic N) is 3. The Labute approximate surface area is 302 Å². The van der Waals surface area contributed by atoms with E-state index in [0.29, 0.717) is 23.7 Å². The maximum atomic E-state index is 14.0. The molecule has 0 aliphatic heterocycles. The van der Waals surface area contributed by atoms with Gasteiger partial charge in [-0.05, 0) is 91.4 Å². The Bertz CT molecular complexity index is 1780. The molecule has 9 nitrogen and oxygen atoms in total. The van der Waals surface area contributed by atoms with E-state index in [1.165, 1.54) is 5.56 Å².